The van der Waals surface area contributed by atoms with Crippen molar-refractivity contribution in [1.82, 2.24) is 9.97 Å². The van der Waals surface area contributed by atoms with Gasteiger partial charge in [-0.2, -0.15) is 0 Å². The zero-order valence-electron chi connectivity index (χ0n) is 11.2. The van der Waals surface area contributed by atoms with Gasteiger partial charge in [-0.25, -0.2) is 9.97 Å². The van der Waals surface area contributed by atoms with Gasteiger partial charge < -0.3 is 10.2 Å². The summed E-state index contributed by atoms with van der Waals surface area (Å²) in [6.07, 6.45) is 5.32. The Bertz CT molecular complexity index is 387. The van der Waals surface area contributed by atoms with E-state index in [-0.39, 0.29) is 0 Å². The second-order valence-corrected chi connectivity index (χ2v) is 4.82. The third-order valence-corrected chi connectivity index (χ3v) is 3.76. The molecule has 1 heterocycles. The van der Waals surface area contributed by atoms with Gasteiger partial charge in [0.1, 0.15) is 18.0 Å². The van der Waals surface area contributed by atoms with Gasteiger partial charge >= 0.3 is 0 Å². The van der Waals surface area contributed by atoms with Crippen molar-refractivity contribution in [3.63, 3.8) is 0 Å². The molecule has 1 saturated carbocycles. The van der Waals surface area contributed by atoms with Crippen molar-refractivity contribution >= 4 is 11.6 Å². The van der Waals surface area contributed by atoms with Gasteiger partial charge in [-0.3, -0.25) is 0 Å². The highest BCUT2D eigenvalue weighted by molar-refractivity contribution is 5.58. The van der Waals surface area contributed by atoms with Gasteiger partial charge in [-0.05, 0) is 32.1 Å². The SMILES string of the molecule is CCc1c(NC)ncnc1N(C)C(C)C1CC1. The van der Waals surface area contributed by atoms with E-state index in [1.165, 1.54) is 18.4 Å². The molecule has 94 valence electrons. The molecule has 1 unspecified atom stereocenters. The molecule has 0 aliphatic heterocycles. The van der Waals surface area contributed by atoms with Crippen molar-refractivity contribution in [2.75, 3.05) is 24.3 Å². The van der Waals surface area contributed by atoms with Crippen molar-refractivity contribution in [3.05, 3.63) is 11.9 Å². The smallest absolute Gasteiger partial charge is 0.137 e. The molecule has 0 aromatic carbocycles. The highest BCUT2D eigenvalue weighted by Crippen LogP contribution is 2.37. The number of hydrogen-bond acceptors (Lipinski definition) is 4. The van der Waals surface area contributed by atoms with Crippen LogP contribution in [0.3, 0.4) is 0 Å². The Morgan fingerprint density at radius 1 is 1.47 bits per heavy atom. The molecule has 0 saturated heterocycles. The van der Waals surface area contributed by atoms with Crippen molar-refractivity contribution in [3.8, 4) is 0 Å². The molecule has 1 aliphatic carbocycles. The minimum Gasteiger partial charge on any atom is -0.373 e. The largest absolute Gasteiger partial charge is 0.373 e. The summed E-state index contributed by atoms with van der Waals surface area (Å²) in [6, 6.07) is 0.569. The lowest BCUT2D eigenvalue weighted by molar-refractivity contribution is 0.601. The van der Waals surface area contributed by atoms with Gasteiger partial charge in [0, 0.05) is 25.7 Å². The van der Waals surface area contributed by atoms with Crippen LogP contribution in [0.1, 0.15) is 32.3 Å². The second kappa shape index (κ2) is 4.90. The Labute approximate surface area is 103 Å². The molecule has 1 aromatic heterocycles. The molecule has 4 heteroatoms. The maximum atomic E-state index is 4.46. The quantitative estimate of drug-likeness (QED) is 0.849. The molecule has 0 spiro atoms. The molecule has 4 nitrogen and oxygen atoms in total. The number of nitrogens with zero attached hydrogens (tertiary/aromatic N) is 3. The second-order valence-electron chi connectivity index (χ2n) is 4.82. The zero-order valence-corrected chi connectivity index (χ0v) is 11.2. The van der Waals surface area contributed by atoms with Crippen LogP contribution in [-0.2, 0) is 6.42 Å². The Balaban J connectivity index is 2.29. The fraction of sp³-hybridized carbons (Fsp3) is 0.692. The van der Waals surface area contributed by atoms with E-state index in [9.17, 15) is 0 Å². The van der Waals surface area contributed by atoms with E-state index in [0.717, 1.165) is 24.0 Å². The van der Waals surface area contributed by atoms with E-state index >= 15 is 0 Å². The van der Waals surface area contributed by atoms with Crippen molar-refractivity contribution in [1.29, 1.82) is 0 Å². The Hall–Kier alpha value is -1.32. The normalized spacial score (nSPS) is 16.7. The zero-order chi connectivity index (χ0) is 12.4. The average Bonchev–Trinajstić information content (AvgIpc) is 3.20. The summed E-state index contributed by atoms with van der Waals surface area (Å²) in [5.74, 6) is 2.87. The average molecular weight is 234 g/mol. The number of anilines is 2. The van der Waals surface area contributed by atoms with Gasteiger partial charge in [-0.1, -0.05) is 6.92 Å². The third-order valence-electron chi connectivity index (χ3n) is 3.76. The summed E-state index contributed by atoms with van der Waals surface area (Å²) >= 11 is 0. The Morgan fingerprint density at radius 3 is 2.71 bits per heavy atom. The molecular weight excluding hydrogens is 212 g/mol. The number of nitrogens with one attached hydrogen (secondary N) is 1. The first kappa shape index (κ1) is 12.1. The molecule has 0 amide bonds. The van der Waals surface area contributed by atoms with Crippen LogP contribution in [0.5, 0.6) is 0 Å². The van der Waals surface area contributed by atoms with E-state index in [2.05, 4.69) is 41.1 Å². The van der Waals surface area contributed by atoms with Crippen LogP contribution in [0, 0.1) is 5.92 Å². The van der Waals surface area contributed by atoms with Crippen LogP contribution in [0.15, 0.2) is 6.33 Å². The maximum Gasteiger partial charge on any atom is 0.137 e. The predicted molar refractivity (Wildman–Crippen MR) is 71.5 cm³/mol. The monoisotopic (exact) mass is 234 g/mol. The van der Waals surface area contributed by atoms with E-state index in [4.69, 9.17) is 0 Å². The molecule has 1 aliphatic rings. The highest BCUT2D eigenvalue weighted by atomic mass is 15.2. The molecule has 1 atom stereocenters. The van der Waals surface area contributed by atoms with Crippen LogP contribution in [0.4, 0.5) is 11.6 Å². The summed E-state index contributed by atoms with van der Waals surface area (Å²) < 4.78 is 0. The van der Waals surface area contributed by atoms with Gasteiger partial charge in [0.25, 0.3) is 0 Å². The summed E-state index contributed by atoms with van der Waals surface area (Å²) in [5.41, 5.74) is 1.21. The minimum atomic E-state index is 0.569. The summed E-state index contributed by atoms with van der Waals surface area (Å²) in [4.78, 5) is 11.1. The van der Waals surface area contributed by atoms with Crippen LogP contribution in [-0.4, -0.2) is 30.1 Å². The van der Waals surface area contributed by atoms with Crippen LogP contribution < -0.4 is 10.2 Å². The van der Waals surface area contributed by atoms with E-state index in [1.807, 2.05) is 7.05 Å². The first-order chi connectivity index (χ1) is 8.19. The Kier molecular flexibility index (Phi) is 3.50. The van der Waals surface area contributed by atoms with Crippen molar-refractivity contribution in [2.24, 2.45) is 5.92 Å². The maximum absolute atomic E-state index is 4.46. The summed E-state index contributed by atoms with van der Waals surface area (Å²) in [6.45, 7) is 4.44. The lowest BCUT2D eigenvalue weighted by Gasteiger charge is -2.28. The van der Waals surface area contributed by atoms with Gasteiger partial charge in [0.2, 0.25) is 0 Å². The predicted octanol–water partition coefficient (Wildman–Crippen LogP) is 2.32. The molecule has 17 heavy (non-hydrogen) atoms. The van der Waals surface area contributed by atoms with Gasteiger partial charge in [0.15, 0.2) is 0 Å². The lowest BCUT2D eigenvalue weighted by Crippen LogP contribution is -2.32. The van der Waals surface area contributed by atoms with Gasteiger partial charge in [-0.15, -0.1) is 0 Å². The molecule has 1 fully saturated rings. The van der Waals surface area contributed by atoms with Crippen LogP contribution in [0.2, 0.25) is 0 Å². The molecule has 0 radical (unpaired) electrons. The van der Waals surface area contributed by atoms with Crippen molar-refractivity contribution in [2.45, 2.75) is 39.2 Å². The molecular formula is C13H22N4. The summed E-state index contributed by atoms with van der Waals surface area (Å²) in [5, 5.41) is 3.15. The van der Waals surface area contributed by atoms with Crippen LogP contribution >= 0.6 is 0 Å². The third kappa shape index (κ3) is 2.35. The fourth-order valence-electron chi connectivity index (χ4n) is 2.34. The minimum absolute atomic E-state index is 0.569. The number of hydrogen-bond donors (Lipinski definition) is 1. The topological polar surface area (TPSA) is 41.1 Å². The van der Waals surface area contributed by atoms with E-state index in [0.29, 0.717) is 6.04 Å². The fourth-order valence-corrected chi connectivity index (χ4v) is 2.34. The van der Waals surface area contributed by atoms with Gasteiger partial charge in [0.05, 0.1) is 0 Å². The molecule has 1 N–H and O–H groups in total. The first-order valence-electron chi connectivity index (χ1n) is 6.43. The number of rotatable bonds is 5. The van der Waals surface area contributed by atoms with E-state index in [1.54, 1.807) is 6.33 Å². The molecule has 1 aromatic rings. The molecule has 2 rings (SSSR count). The lowest BCUT2D eigenvalue weighted by atomic mass is 10.1. The molecule has 0 bridgehead atoms. The van der Waals surface area contributed by atoms with Crippen molar-refractivity contribution < 1.29 is 0 Å². The summed E-state index contributed by atoms with van der Waals surface area (Å²) in [7, 11) is 4.06. The Morgan fingerprint density at radius 2 is 2.18 bits per heavy atom. The first-order valence-corrected chi connectivity index (χ1v) is 6.43. The number of aromatic nitrogens is 2. The highest BCUT2D eigenvalue weighted by Gasteiger charge is 2.31. The van der Waals surface area contributed by atoms with Crippen LogP contribution in [0.25, 0.3) is 0 Å². The van der Waals surface area contributed by atoms with E-state index < -0.39 is 0 Å². The standard InChI is InChI=1S/C13H22N4/c1-5-11-12(14-3)15-8-16-13(11)17(4)9(2)10-6-7-10/h8-10H,5-7H2,1-4H3,(H,14,15,16).